The van der Waals surface area contributed by atoms with E-state index in [1.165, 1.54) is 22.4 Å². The molecule has 1 aliphatic rings. The van der Waals surface area contributed by atoms with E-state index in [4.69, 9.17) is 4.74 Å². The Kier molecular flexibility index (Phi) is 7.30. The van der Waals surface area contributed by atoms with Gasteiger partial charge in [-0.05, 0) is 66.4 Å². The van der Waals surface area contributed by atoms with E-state index in [1.807, 2.05) is 45.3 Å². The van der Waals surface area contributed by atoms with E-state index in [0.717, 1.165) is 25.3 Å². The fraction of sp³-hybridized carbons (Fsp3) is 0.321. The van der Waals surface area contributed by atoms with Crippen molar-refractivity contribution in [1.82, 2.24) is 10.2 Å². The molecule has 5 nitrogen and oxygen atoms in total. The van der Waals surface area contributed by atoms with Crippen LogP contribution >= 0.6 is 0 Å². The molecule has 1 atom stereocenters. The van der Waals surface area contributed by atoms with Gasteiger partial charge in [-0.25, -0.2) is 0 Å². The second-order valence-electron chi connectivity index (χ2n) is 8.66. The quantitative estimate of drug-likeness (QED) is 0.549. The van der Waals surface area contributed by atoms with Gasteiger partial charge in [0.15, 0.2) is 0 Å². The summed E-state index contributed by atoms with van der Waals surface area (Å²) in [5.74, 6) is 0.713. The maximum Gasteiger partial charge on any atom is 0.251 e. The van der Waals surface area contributed by atoms with Gasteiger partial charge in [0.2, 0.25) is 0 Å². The van der Waals surface area contributed by atoms with Crippen LogP contribution < -0.4 is 15.0 Å². The number of rotatable bonds is 8. The molecule has 0 fully saturated rings. The average Bonchev–Trinajstić information content (AvgIpc) is 2.85. The SMILES string of the molecule is CCOc1ccc(C(=O)NC[C@H](c2ccc(N(C)C)cc2)N2CCc3ccccc3C2)cc1. The van der Waals surface area contributed by atoms with Gasteiger partial charge in [0, 0.05) is 45.0 Å². The zero-order valence-electron chi connectivity index (χ0n) is 19.8. The third-order valence-corrected chi connectivity index (χ3v) is 6.28. The first kappa shape index (κ1) is 22.9. The van der Waals surface area contributed by atoms with Gasteiger partial charge in [-0.15, -0.1) is 0 Å². The Morgan fingerprint density at radius 1 is 1.00 bits per heavy atom. The summed E-state index contributed by atoms with van der Waals surface area (Å²) in [6.45, 7) is 4.96. The highest BCUT2D eigenvalue weighted by atomic mass is 16.5. The molecule has 5 heteroatoms. The Labute approximate surface area is 197 Å². The average molecular weight is 444 g/mol. The van der Waals surface area contributed by atoms with Crippen molar-refractivity contribution in [3.63, 3.8) is 0 Å². The van der Waals surface area contributed by atoms with Crippen molar-refractivity contribution in [2.75, 3.05) is 38.7 Å². The van der Waals surface area contributed by atoms with Crippen LogP contribution in [0.3, 0.4) is 0 Å². The second-order valence-corrected chi connectivity index (χ2v) is 8.66. The molecule has 1 N–H and O–H groups in total. The molecule has 0 saturated carbocycles. The van der Waals surface area contributed by atoms with Gasteiger partial charge in [0.25, 0.3) is 5.91 Å². The molecule has 1 aliphatic heterocycles. The number of fused-ring (bicyclic) bond motifs is 1. The summed E-state index contributed by atoms with van der Waals surface area (Å²) in [5.41, 5.74) is 5.82. The number of carbonyl (C=O) groups is 1. The molecule has 1 heterocycles. The molecule has 0 spiro atoms. The molecule has 33 heavy (non-hydrogen) atoms. The van der Waals surface area contributed by atoms with Gasteiger partial charge in [0.1, 0.15) is 5.75 Å². The van der Waals surface area contributed by atoms with Crippen LogP contribution in [0.15, 0.2) is 72.8 Å². The van der Waals surface area contributed by atoms with Crippen LogP contribution in [0.5, 0.6) is 5.75 Å². The molecule has 0 bridgehead atoms. The number of hydrogen-bond donors (Lipinski definition) is 1. The van der Waals surface area contributed by atoms with E-state index in [-0.39, 0.29) is 11.9 Å². The van der Waals surface area contributed by atoms with Crippen LogP contribution in [0.1, 0.15) is 40.0 Å². The summed E-state index contributed by atoms with van der Waals surface area (Å²) in [5, 5.41) is 3.18. The summed E-state index contributed by atoms with van der Waals surface area (Å²) in [4.78, 5) is 17.5. The molecule has 0 saturated heterocycles. The van der Waals surface area contributed by atoms with Crippen molar-refractivity contribution in [1.29, 1.82) is 0 Å². The summed E-state index contributed by atoms with van der Waals surface area (Å²) in [6.07, 6.45) is 1.02. The van der Waals surface area contributed by atoms with Crippen LogP contribution in [0.25, 0.3) is 0 Å². The number of carbonyl (C=O) groups excluding carboxylic acids is 1. The van der Waals surface area contributed by atoms with Gasteiger partial charge in [-0.3, -0.25) is 9.69 Å². The monoisotopic (exact) mass is 443 g/mol. The molecule has 0 aliphatic carbocycles. The first-order valence-corrected chi connectivity index (χ1v) is 11.6. The van der Waals surface area contributed by atoms with Crippen LogP contribution in [0.2, 0.25) is 0 Å². The molecule has 0 radical (unpaired) electrons. The van der Waals surface area contributed by atoms with E-state index in [9.17, 15) is 4.79 Å². The highest BCUT2D eigenvalue weighted by Gasteiger charge is 2.25. The minimum Gasteiger partial charge on any atom is -0.494 e. The zero-order chi connectivity index (χ0) is 23.2. The van der Waals surface area contributed by atoms with Crippen molar-refractivity contribution in [2.24, 2.45) is 0 Å². The number of anilines is 1. The van der Waals surface area contributed by atoms with Crippen LogP contribution in [0, 0.1) is 0 Å². The molecule has 3 aromatic rings. The lowest BCUT2D eigenvalue weighted by atomic mass is 9.96. The third-order valence-electron chi connectivity index (χ3n) is 6.28. The van der Waals surface area contributed by atoms with Crippen molar-refractivity contribution < 1.29 is 9.53 Å². The molecular formula is C28H33N3O2. The van der Waals surface area contributed by atoms with Crippen molar-refractivity contribution in [3.05, 3.63) is 95.1 Å². The zero-order valence-corrected chi connectivity index (χ0v) is 19.8. The van der Waals surface area contributed by atoms with E-state index in [0.29, 0.717) is 18.7 Å². The summed E-state index contributed by atoms with van der Waals surface area (Å²) >= 11 is 0. The molecule has 1 amide bonds. The Balaban J connectivity index is 1.52. The molecule has 3 aromatic carbocycles. The van der Waals surface area contributed by atoms with Crippen molar-refractivity contribution in [3.8, 4) is 5.75 Å². The topological polar surface area (TPSA) is 44.8 Å². The third kappa shape index (κ3) is 5.55. The maximum absolute atomic E-state index is 12.9. The number of nitrogens with zero attached hydrogens (tertiary/aromatic N) is 2. The minimum atomic E-state index is -0.0645. The number of benzene rings is 3. The fourth-order valence-corrected chi connectivity index (χ4v) is 4.40. The van der Waals surface area contributed by atoms with E-state index in [1.54, 1.807) is 0 Å². The predicted octanol–water partition coefficient (Wildman–Crippen LogP) is 4.68. The summed E-state index contributed by atoms with van der Waals surface area (Å²) < 4.78 is 5.49. The highest BCUT2D eigenvalue weighted by Crippen LogP contribution is 2.29. The number of amides is 1. The largest absolute Gasteiger partial charge is 0.494 e. The Morgan fingerprint density at radius 2 is 1.70 bits per heavy atom. The predicted molar refractivity (Wildman–Crippen MR) is 134 cm³/mol. The normalized spacial score (nSPS) is 14.3. The molecule has 0 aromatic heterocycles. The second kappa shape index (κ2) is 10.5. The Morgan fingerprint density at radius 3 is 2.36 bits per heavy atom. The lowest BCUT2D eigenvalue weighted by Crippen LogP contribution is -2.40. The van der Waals surface area contributed by atoms with E-state index < -0.39 is 0 Å². The summed E-state index contributed by atoms with van der Waals surface area (Å²) in [7, 11) is 4.09. The first-order valence-electron chi connectivity index (χ1n) is 11.6. The summed E-state index contributed by atoms with van der Waals surface area (Å²) in [6, 6.07) is 24.7. The lowest BCUT2D eigenvalue weighted by molar-refractivity contribution is 0.0927. The molecule has 4 rings (SSSR count). The number of hydrogen-bond acceptors (Lipinski definition) is 4. The van der Waals surface area contributed by atoms with E-state index >= 15 is 0 Å². The van der Waals surface area contributed by atoms with Crippen molar-refractivity contribution >= 4 is 11.6 Å². The minimum absolute atomic E-state index is 0.0645. The fourth-order valence-electron chi connectivity index (χ4n) is 4.40. The van der Waals surface area contributed by atoms with E-state index in [2.05, 4.69) is 63.6 Å². The van der Waals surface area contributed by atoms with Crippen LogP contribution in [-0.4, -0.2) is 44.6 Å². The molecule has 0 unspecified atom stereocenters. The first-order chi connectivity index (χ1) is 16.0. The van der Waals surface area contributed by atoms with Crippen molar-refractivity contribution in [2.45, 2.75) is 25.9 Å². The molecular weight excluding hydrogens is 410 g/mol. The standard InChI is InChI=1S/C28H33N3O2/c1-4-33-26-15-11-23(12-16-26)28(32)29-19-27(22-9-13-25(14-10-22)30(2)3)31-18-17-21-7-5-6-8-24(21)20-31/h5-16,27H,4,17-20H2,1-3H3,(H,29,32)/t27-/m1/s1. The van der Waals surface area contributed by atoms with Gasteiger partial charge in [-0.2, -0.15) is 0 Å². The number of nitrogens with one attached hydrogen (secondary N) is 1. The van der Waals surface area contributed by atoms with Gasteiger partial charge in [0.05, 0.1) is 12.6 Å². The molecule has 172 valence electrons. The van der Waals surface area contributed by atoms with Crippen LogP contribution in [0.4, 0.5) is 5.69 Å². The maximum atomic E-state index is 12.9. The highest BCUT2D eigenvalue weighted by molar-refractivity contribution is 5.94. The Hall–Kier alpha value is -3.31. The van der Waals surface area contributed by atoms with Gasteiger partial charge < -0.3 is 15.0 Å². The number of ether oxygens (including phenoxy) is 1. The lowest BCUT2D eigenvalue weighted by Gasteiger charge is -2.36. The van der Waals surface area contributed by atoms with Gasteiger partial charge in [-0.1, -0.05) is 36.4 Å². The smallest absolute Gasteiger partial charge is 0.251 e. The Bertz CT molecular complexity index is 1060. The van der Waals surface area contributed by atoms with Crippen LogP contribution in [-0.2, 0) is 13.0 Å². The van der Waals surface area contributed by atoms with Gasteiger partial charge >= 0.3 is 0 Å².